The van der Waals surface area contributed by atoms with Gasteiger partial charge in [0.15, 0.2) is 0 Å². The maximum Gasteiger partial charge on any atom is 0.408 e. The van der Waals surface area contributed by atoms with Crippen LogP contribution in [0.2, 0.25) is 0 Å². The van der Waals surface area contributed by atoms with E-state index in [0.717, 1.165) is 11.1 Å². The number of aryl methyl sites for hydroxylation is 2. The minimum atomic E-state index is -1.31. The summed E-state index contributed by atoms with van der Waals surface area (Å²) in [7, 11) is 0. The summed E-state index contributed by atoms with van der Waals surface area (Å²) in [5, 5.41) is 15.5. The van der Waals surface area contributed by atoms with E-state index >= 15 is 0 Å². The minimum absolute atomic E-state index is 0.410. The molecule has 2 aromatic carbocycles. The number of carbonyl (C=O) groups excluding carboxylic acids is 3. The van der Waals surface area contributed by atoms with E-state index in [0.29, 0.717) is 11.3 Å². The van der Waals surface area contributed by atoms with Gasteiger partial charge in [-0.25, -0.2) is 4.79 Å². The fraction of sp³-hybridized carbons (Fsp3) is 0.464. The van der Waals surface area contributed by atoms with Gasteiger partial charge in [0.1, 0.15) is 17.7 Å². The van der Waals surface area contributed by atoms with Crippen molar-refractivity contribution < 1.29 is 24.2 Å². The number of anilines is 1. The number of nitrogens with zero attached hydrogens (tertiary/aromatic N) is 1. The molecule has 0 aliphatic carbocycles. The molecule has 0 aliphatic heterocycles. The van der Waals surface area contributed by atoms with E-state index in [4.69, 9.17) is 4.74 Å². The summed E-state index contributed by atoms with van der Waals surface area (Å²) in [4.78, 5) is 41.5. The van der Waals surface area contributed by atoms with Gasteiger partial charge in [-0.1, -0.05) is 48.0 Å². The van der Waals surface area contributed by atoms with Gasteiger partial charge < -0.3 is 25.4 Å². The van der Waals surface area contributed by atoms with Crippen LogP contribution in [-0.4, -0.2) is 51.7 Å². The number of alkyl carbamates (subject to hydrolysis) is 1. The zero-order valence-corrected chi connectivity index (χ0v) is 22.5. The predicted molar refractivity (Wildman–Crippen MR) is 141 cm³/mol. The molecule has 0 aromatic heterocycles. The van der Waals surface area contributed by atoms with Gasteiger partial charge in [0.25, 0.3) is 5.91 Å². The summed E-state index contributed by atoms with van der Waals surface area (Å²) in [5.41, 5.74) is 1.41. The monoisotopic (exact) mass is 497 g/mol. The first-order chi connectivity index (χ1) is 16.6. The molecule has 2 atom stereocenters. The smallest absolute Gasteiger partial charge is 0.408 e. The lowest BCUT2D eigenvalue weighted by Gasteiger charge is -2.43. The van der Waals surface area contributed by atoms with Crippen molar-refractivity contribution in [2.75, 3.05) is 11.9 Å². The highest BCUT2D eigenvalue weighted by Gasteiger charge is 2.42. The Morgan fingerprint density at radius 3 is 2.14 bits per heavy atom. The number of hydrogen-bond donors (Lipinski definition) is 3. The Morgan fingerprint density at radius 1 is 0.972 bits per heavy atom. The highest BCUT2D eigenvalue weighted by atomic mass is 16.6. The molecule has 0 fully saturated rings. The second-order valence-corrected chi connectivity index (χ2v) is 10.9. The fourth-order valence-electron chi connectivity index (χ4n) is 3.82. The first kappa shape index (κ1) is 28.8. The number of hydrogen-bond acceptors (Lipinski definition) is 5. The summed E-state index contributed by atoms with van der Waals surface area (Å²) in [6.07, 6.45) is -0.833. The van der Waals surface area contributed by atoms with Crippen molar-refractivity contribution in [3.8, 4) is 0 Å². The average Bonchev–Trinajstić information content (AvgIpc) is 2.74. The van der Waals surface area contributed by atoms with Crippen LogP contribution in [0.25, 0.3) is 0 Å². The van der Waals surface area contributed by atoms with Gasteiger partial charge in [-0.05, 0) is 72.6 Å². The third kappa shape index (κ3) is 7.81. The van der Waals surface area contributed by atoms with Gasteiger partial charge in [-0.2, -0.15) is 0 Å². The van der Waals surface area contributed by atoms with E-state index in [1.807, 2.05) is 50.2 Å². The predicted octanol–water partition coefficient (Wildman–Crippen LogP) is 4.50. The van der Waals surface area contributed by atoms with Gasteiger partial charge >= 0.3 is 6.09 Å². The molecular weight excluding hydrogens is 458 g/mol. The van der Waals surface area contributed by atoms with Crippen LogP contribution in [0.1, 0.15) is 64.3 Å². The molecule has 3 amide bonds. The maximum absolute atomic E-state index is 13.9. The van der Waals surface area contributed by atoms with Crippen LogP contribution >= 0.6 is 0 Å². The van der Waals surface area contributed by atoms with Gasteiger partial charge in [-0.3, -0.25) is 9.59 Å². The molecule has 196 valence electrons. The number of aliphatic hydroxyl groups excluding tert-OH is 1. The quantitative estimate of drug-likeness (QED) is 0.522. The van der Waals surface area contributed by atoms with Gasteiger partial charge in [0.05, 0.1) is 6.61 Å². The number of rotatable bonds is 7. The molecule has 2 aromatic rings. The fourth-order valence-corrected chi connectivity index (χ4v) is 3.82. The number of nitrogens with one attached hydrogen (secondary N) is 2. The lowest BCUT2D eigenvalue weighted by atomic mass is 9.94. The molecule has 3 N–H and O–H groups in total. The van der Waals surface area contributed by atoms with E-state index in [9.17, 15) is 19.5 Å². The number of benzene rings is 2. The zero-order chi connectivity index (χ0) is 27.3. The molecule has 2 unspecified atom stereocenters. The number of aliphatic hydroxyl groups is 1. The summed E-state index contributed by atoms with van der Waals surface area (Å²) in [6, 6.07) is 12.4. The van der Waals surface area contributed by atoms with Gasteiger partial charge in [-0.15, -0.1) is 0 Å². The van der Waals surface area contributed by atoms with Gasteiger partial charge in [0, 0.05) is 11.2 Å². The SMILES string of the molecule is Cc1cccc(C(C(=O)Nc2ccccc2C)N(C(=O)C(CO)NC(=O)OC(C)(C)C)C(C)(C)C)c1. The van der Waals surface area contributed by atoms with Crippen molar-refractivity contribution >= 4 is 23.6 Å². The lowest BCUT2D eigenvalue weighted by molar-refractivity contribution is -0.147. The summed E-state index contributed by atoms with van der Waals surface area (Å²) in [6.45, 7) is 13.6. The van der Waals surface area contributed by atoms with Crippen LogP contribution in [0.3, 0.4) is 0 Å². The number of amides is 3. The van der Waals surface area contributed by atoms with Crippen molar-refractivity contribution in [2.24, 2.45) is 0 Å². The van der Waals surface area contributed by atoms with E-state index in [1.54, 1.807) is 53.7 Å². The number of ether oxygens (including phenoxy) is 1. The molecule has 2 rings (SSSR count). The molecule has 0 aliphatic rings. The molecule has 0 saturated heterocycles. The third-order valence-electron chi connectivity index (χ3n) is 5.40. The van der Waals surface area contributed by atoms with Crippen LogP contribution in [0.4, 0.5) is 10.5 Å². The molecule has 0 radical (unpaired) electrons. The van der Waals surface area contributed by atoms with E-state index in [-0.39, 0.29) is 0 Å². The topological polar surface area (TPSA) is 108 Å². The standard InChI is InChI=1S/C28H39N3O5/c1-18-12-11-14-20(16-18)23(24(33)29-21-15-10-9-13-19(21)2)31(27(3,4)5)25(34)22(17-32)30-26(35)36-28(6,7)8/h9-16,22-23,32H,17H2,1-8H3,(H,29,33)(H,30,35). The summed E-state index contributed by atoms with van der Waals surface area (Å²) < 4.78 is 5.27. The maximum atomic E-state index is 13.9. The molecule has 0 heterocycles. The second-order valence-electron chi connectivity index (χ2n) is 10.9. The van der Waals surface area contributed by atoms with Crippen molar-refractivity contribution in [1.29, 1.82) is 0 Å². The van der Waals surface area contributed by atoms with E-state index < -0.39 is 47.7 Å². The van der Waals surface area contributed by atoms with E-state index in [1.165, 1.54) is 4.90 Å². The highest BCUT2D eigenvalue weighted by Crippen LogP contribution is 2.31. The molecule has 0 bridgehead atoms. The highest BCUT2D eigenvalue weighted by molar-refractivity contribution is 5.99. The van der Waals surface area contributed by atoms with Crippen LogP contribution in [0, 0.1) is 13.8 Å². The van der Waals surface area contributed by atoms with Gasteiger partial charge in [0.2, 0.25) is 5.91 Å². The first-order valence-corrected chi connectivity index (χ1v) is 12.0. The summed E-state index contributed by atoms with van der Waals surface area (Å²) in [5.74, 6) is -1.02. The van der Waals surface area contributed by atoms with Crippen molar-refractivity contribution in [2.45, 2.75) is 78.6 Å². The minimum Gasteiger partial charge on any atom is -0.444 e. The number of carbonyl (C=O) groups is 3. The van der Waals surface area contributed by atoms with E-state index in [2.05, 4.69) is 10.6 Å². The molecule has 0 spiro atoms. The Bertz CT molecular complexity index is 1090. The molecule has 8 heteroatoms. The normalized spacial score (nSPS) is 13.4. The lowest BCUT2D eigenvalue weighted by Crippen LogP contribution is -2.59. The van der Waals surface area contributed by atoms with Crippen LogP contribution in [0.15, 0.2) is 48.5 Å². The molecular formula is C28H39N3O5. The molecule has 8 nitrogen and oxygen atoms in total. The number of para-hydroxylation sites is 1. The van der Waals surface area contributed by atoms with Crippen molar-refractivity contribution in [3.63, 3.8) is 0 Å². The van der Waals surface area contributed by atoms with Crippen molar-refractivity contribution in [1.82, 2.24) is 10.2 Å². The Morgan fingerprint density at radius 2 is 1.61 bits per heavy atom. The zero-order valence-electron chi connectivity index (χ0n) is 22.5. The van der Waals surface area contributed by atoms with Crippen molar-refractivity contribution in [3.05, 3.63) is 65.2 Å². The van der Waals surface area contributed by atoms with Crippen LogP contribution in [-0.2, 0) is 14.3 Å². The molecule has 36 heavy (non-hydrogen) atoms. The second kappa shape index (κ2) is 11.6. The van der Waals surface area contributed by atoms with Crippen LogP contribution in [0.5, 0.6) is 0 Å². The Balaban J connectivity index is 2.54. The third-order valence-corrected chi connectivity index (χ3v) is 5.40. The Kier molecular flexibility index (Phi) is 9.26. The molecule has 0 saturated carbocycles. The van der Waals surface area contributed by atoms with Crippen LogP contribution < -0.4 is 10.6 Å². The first-order valence-electron chi connectivity index (χ1n) is 12.0. The Labute approximate surface area is 214 Å². The largest absolute Gasteiger partial charge is 0.444 e. The Hall–Kier alpha value is -3.39. The summed E-state index contributed by atoms with van der Waals surface area (Å²) >= 11 is 0. The average molecular weight is 498 g/mol.